The Kier molecular flexibility index (Phi) is 3.88. The molecule has 0 saturated heterocycles. The Morgan fingerprint density at radius 2 is 1.76 bits per heavy atom. The fourth-order valence-electron chi connectivity index (χ4n) is 2.84. The minimum atomic E-state index is -0.656. The number of hydrogen-bond acceptors (Lipinski definition) is 1. The minimum absolute atomic E-state index is 0.656. The second-order valence-electron chi connectivity index (χ2n) is 5.83. The second-order valence-corrected chi connectivity index (χ2v) is 5.83. The van der Waals surface area contributed by atoms with Gasteiger partial charge in [0, 0.05) is 0 Å². The number of aryl methyl sites for hydroxylation is 1. The predicted molar refractivity (Wildman–Crippen MR) is 71.9 cm³/mol. The summed E-state index contributed by atoms with van der Waals surface area (Å²) in [5, 5.41) is 10.5. The topological polar surface area (TPSA) is 20.2 Å². The molecule has 0 aliphatic heterocycles. The third kappa shape index (κ3) is 3.32. The van der Waals surface area contributed by atoms with E-state index in [1.165, 1.54) is 37.7 Å². The van der Waals surface area contributed by atoms with Crippen LogP contribution in [0.15, 0.2) is 24.3 Å². The molecule has 1 aromatic rings. The molecule has 0 aromatic heterocycles. The summed E-state index contributed by atoms with van der Waals surface area (Å²) in [6.45, 7) is 4.03. The first kappa shape index (κ1) is 12.6. The van der Waals surface area contributed by atoms with E-state index in [0.717, 1.165) is 17.9 Å². The first-order valence-electron chi connectivity index (χ1n) is 6.87. The van der Waals surface area contributed by atoms with Gasteiger partial charge in [0.2, 0.25) is 0 Å². The molecule has 0 bridgehead atoms. The van der Waals surface area contributed by atoms with Crippen molar-refractivity contribution < 1.29 is 5.11 Å². The lowest BCUT2D eigenvalue weighted by molar-refractivity contribution is 0.0409. The smallest absolute Gasteiger partial charge is 0.0868 e. The van der Waals surface area contributed by atoms with Crippen molar-refractivity contribution in [2.24, 2.45) is 5.92 Å². The van der Waals surface area contributed by atoms with E-state index < -0.39 is 5.60 Å². The van der Waals surface area contributed by atoms with Gasteiger partial charge in [-0.05, 0) is 38.2 Å². The molecule has 94 valence electrons. The predicted octanol–water partition coefficient (Wildman–Crippen LogP) is 4.17. The second kappa shape index (κ2) is 5.22. The quantitative estimate of drug-likeness (QED) is 0.826. The van der Waals surface area contributed by atoms with Crippen molar-refractivity contribution in [1.29, 1.82) is 0 Å². The van der Waals surface area contributed by atoms with Crippen molar-refractivity contribution in [2.45, 2.75) is 58.0 Å². The molecule has 1 nitrogen and oxygen atoms in total. The van der Waals surface area contributed by atoms with E-state index in [2.05, 4.69) is 31.2 Å². The van der Waals surface area contributed by atoms with Crippen molar-refractivity contribution in [1.82, 2.24) is 0 Å². The van der Waals surface area contributed by atoms with Crippen LogP contribution in [0.2, 0.25) is 0 Å². The number of benzene rings is 1. The molecular formula is C16H24O. The van der Waals surface area contributed by atoms with Crippen LogP contribution < -0.4 is 0 Å². The molecule has 17 heavy (non-hydrogen) atoms. The summed E-state index contributed by atoms with van der Waals surface area (Å²) in [5.74, 6) is 0.854. The van der Waals surface area contributed by atoms with E-state index in [1.807, 2.05) is 6.92 Å². The average molecular weight is 232 g/mol. The molecule has 2 rings (SSSR count). The molecule has 1 aromatic carbocycles. The SMILES string of the molecule is Cc1ccc(C(C)(O)CCC2CCCC2)cc1. The zero-order valence-corrected chi connectivity index (χ0v) is 11.1. The monoisotopic (exact) mass is 232 g/mol. The van der Waals surface area contributed by atoms with Gasteiger partial charge < -0.3 is 5.11 Å². The Hall–Kier alpha value is -0.820. The molecule has 1 aliphatic carbocycles. The van der Waals surface area contributed by atoms with E-state index in [-0.39, 0.29) is 0 Å². The van der Waals surface area contributed by atoms with Crippen molar-refractivity contribution in [3.63, 3.8) is 0 Å². The van der Waals surface area contributed by atoms with Crippen LogP contribution in [0.5, 0.6) is 0 Å². The van der Waals surface area contributed by atoms with Crippen molar-refractivity contribution >= 4 is 0 Å². The first-order valence-corrected chi connectivity index (χ1v) is 6.87. The maximum Gasteiger partial charge on any atom is 0.0868 e. The zero-order chi connectivity index (χ0) is 12.3. The van der Waals surface area contributed by atoms with Crippen LogP contribution in [-0.2, 0) is 5.60 Å². The largest absolute Gasteiger partial charge is 0.385 e. The normalized spacial score (nSPS) is 20.4. The summed E-state index contributed by atoms with van der Waals surface area (Å²) in [5.41, 5.74) is 1.65. The Balaban J connectivity index is 1.94. The van der Waals surface area contributed by atoms with Crippen LogP contribution in [0.1, 0.15) is 56.6 Å². The van der Waals surface area contributed by atoms with Gasteiger partial charge in [-0.15, -0.1) is 0 Å². The van der Waals surface area contributed by atoms with Gasteiger partial charge in [0.15, 0.2) is 0 Å². The minimum Gasteiger partial charge on any atom is -0.385 e. The van der Waals surface area contributed by atoms with Gasteiger partial charge in [0.25, 0.3) is 0 Å². The number of aliphatic hydroxyl groups is 1. The van der Waals surface area contributed by atoms with Crippen LogP contribution in [-0.4, -0.2) is 5.11 Å². The van der Waals surface area contributed by atoms with Crippen molar-refractivity contribution in [2.75, 3.05) is 0 Å². The third-order valence-electron chi connectivity index (χ3n) is 4.19. The summed E-state index contributed by atoms with van der Waals surface area (Å²) in [6, 6.07) is 8.28. The summed E-state index contributed by atoms with van der Waals surface area (Å²) < 4.78 is 0. The lowest BCUT2D eigenvalue weighted by Gasteiger charge is -2.25. The maximum absolute atomic E-state index is 10.5. The van der Waals surface area contributed by atoms with Crippen LogP contribution in [0.4, 0.5) is 0 Å². The molecule has 0 amide bonds. The van der Waals surface area contributed by atoms with Crippen molar-refractivity contribution in [3.05, 3.63) is 35.4 Å². The molecule has 0 heterocycles. The Morgan fingerprint density at radius 3 is 2.35 bits per heavy atom. The fourth-order valence-corrected chi connectivity index (χ4v) is 2.84. The molecule has 1 fully saturated rings. The lowest BCUT2D eigenvalue weighted by Crippen LogP contribution is -2.22. The maximum atomic E-state index is 10.5. The zero-order valence-electron chi connectivity index (χ0n) is 11.1. The van der Waals surface area contributed by atoms with Gasteiger partial charge >= 0.3 is 0 Å². The third-order valence-corrected chi connectivity index (χ3v) is 4.19. The Bertz CT molecular complexity index is 344. The van der Waals surface area contributed by atoms with Crippen molar-refractivity contribution in [3.8, 4) is 0 Å². The molecule has 0 radical (unpaired) electrons. The molecule has 1 unspecified atom stereocenters. The van der Waals surface area contributed by atoms with Gasteiger partial charge in [0.05, 0.1) is 5.60 Å². The van der Waals surface area contributed by atoms with E-state index in [0.29, 0.717) is 0 Å². The van der Waals surface area contributed by atoms with E-state index in [4.69, 9.17) is 0 Å². The highest BCUT2D eigenvalue weighted by Gasteiger charge is 2.25. The molecule has 1 heteroatoms. The fraction of sp³-hybridized carbons (Fsp3) is 0.625. The Morgan fingerprint density at radius 1 is 1.18 bits per heavy atom. The molecule has 1 aliphatic rings. The summed E-state index contributed by atoms with van der Waals surface area (Å²) >= 11 is 0. The summed E-state index contributed by atoms with van der Waals surface area (Å²) in [6.07, 6.45) is 7.56. The van der Waals surface area contributed by atoms with Gasteiger partial charge in [-0.3, -0.25) is 0 Å². The molecular weight excluding hydrogens is 208 g/mol. The molecule has 0 spiro atoms. The average Bonchev–Trinajstić information content (AvgIpc) is 2.80. The van der Waals surface area contributed by atoms with E-state index in [1.54, 1.807) is 0 Å². The standard InChI is InChI=1S/C16H24O/c1-13-7-9-15(10-8-13)16(2,17)12-11-14-5-3-4-6-14/h7-10,14,17H,3-6,11-12H2,1-2H3. The number of hydrogen-bond donors (Lipinski definition) is 1. The molecule has 1 N–H and O–H groups in total. The Labute approximate surface area is 105 Å². The number of rotatable bonds is 4. The van der Waals surface area contributed by atoms with Crippen LogP contribution >= 0.6 is 0 Å². The highest BCUT2D eigenvalue weighted by Crippen LogP contribution is 2.34. The first-order chi connectivity index (χ1) is 8.08. The van der Waals surface area contributed by atoms with Crippen LogP contribution in [0, 0.1) is 12.8 Å². The van der Waals surface area contributed by atoms with E-state index >= 15 is 0 Å². The van der Waals surface area contributed by atoms with Gasteiger partial charge in [-0.1, -0.05) is 55.5 Å². The molecule has 1 saturated carbocycles. The van der Waals surface area contributed by atoms with E-state index in [9.17, 15) is 5.11 Å². The lowest BCUT2D eigenvalue weighted by atomic mass is 9.87. The van der Waals surface area contributed by atoms with Gasteiger partial charge in [-0.25, -0.2) is 0 Å². The summed E-state index contributed by atoms with van der Waals surface area (Å²) in [7, 11) is 0. The molecule has 1 atom stereocenters. The van der Waals surface area contributed by atoms with Crippen LogP contribution in [0.25, 0.3) is 0 Å². The van der Waals surface area contributed by atoms with Gasteiger partial charge in [-0.2, -0.15) is 0 Å². The highest BCUT2D eigenvalue weighted by atomic mass is 16.3. The summed E-state index contributed by atoms with van der Waals surface area (Å²) in [4.78, 5) is 0. The van der Waals surface area contributed by atoms with Crippen LogP contribution in [0.3, 0.4) is 0 Å². The highest BCUT2D eigenvalue weighted by molar-refractivity contribution is 5.25. The van der Waals surface area contributed by atoms with Gasteiger partial charge in [0.1, 0.15) is 0 Å².